The zero-order chi connectivity index (χ0) is 22.7. The van der Waals surface area contributed by atoms with Gasteiger partial charge >= 0.3 is 0 Å². The number of nitrogens with zero attached hydrogens (tertiary/aromatic N) is 3. The molecule has 33 heavy (non-hydrogen) atoms. The number of H-pyrrole nitrogens is 1. The van der Waals surface area contributed by atoms with E-state index in [1.165, 1.54) is 11.9 Å². The van der Waals surface area contributed by atoms with E-state index in [-0.39, 0.29) is 48.2 Å². The van der Waals surface area contributed by atoms with Gasteiger partial charge in [0.25, 0.3) is 5.56 Å². The van der Waals surface area contributed by atoms with E-state index in [1.807, 2.05) is 4.57 Å². The number of aromatic nitrogens is 4. The predicted molar refractivity (Wildman–Crippen MR) is 139 cm³/mol. The fourth-order valence-corrected chi connectivity index (χ4v) is 12.1. The first kappa shape index (κ1) is 25.4. The second-order valence-electron chi connectivity index (χ2n) is 9.46. The Labute approximate surface area is 209 Å². The van der Waals surface area contributed by atoms with Gasteiger partial charge in [-0.3, -0.25) is 9.36 Å². The topological polar surface area (TPSA) is 91.3 Å². The van der Waals surface area contributed by atoms with E-state index < -0.39 is 5.69 Å². The van der Waals surface area contributed by atoms with E-state index in [1.54, 1.807) is 17.7 Å². The standard InChI is InChI=1S/C21H29N4O4PS2.H2S/c1-12(2)14-5-6-21(4)16(8-14)29-30(31,32-21)27-9-15-13(3)7-17(28-15)25-11-24-18-19(25)22-10-23-20(18)26;/h10-11,13-17H,1,5-9H2,2-4H3,(H,22,23,26);1H2/t13-,14+,15+,16-,17+,21-,30-;/m0./s1. The van der Waals surface area contributed by atoms with Gasteiger partial charge in [-0.2, -0.15) is 13.5 Å². The van der Waals surface area contributed by atoms with Crippen LogP contribution in [0.5, 0.6) is 0 Å². The molecule has 2 aromatic rings. The van der Waals surface area contributed by atoms with Crippen molar-refractivity contribution >= 4 is 53.5 Å². The van der Waals surface area contributed by atoms with E-state index in [0.717, 1.165) is 25.7 Å². The maximum atomic E-state index is 11.9. The molecule has 0 unspecified atom stereocenters. The fourth-order valence-electron chi connectivity index (χ4n) is 4.93. The van der Waals surface area contributed by atoms with Crippen LogP contribution < -0.4 is 5.56 Å². The SMILES string of the molecule is C=C(C)[C@@H]1CC[C@]2(C)S[P@@](=S)(OC[C@H]3O[C@@H](n4cnc5c(=O)[nH]cnc54)C[C@@H]3C)O[C@H]2C1.S. The Balaban J connectivity index is 0.00000259. The molecule has 2 aromatic heterocycles. The highest BCUT2D eigenvalue weighted by Crippen LogP contribution is 2.75. The van der Waals surface area contributed by atoms with Gasteiger partial charge in [-0.15, -0.1) is 0 Å². The van der Waals surface area contributed by atoms with Gasteiger partial charge < -0.3 is 18.8 Å². The number of hydrogen-bond donors (Lipinski definition) is 1. The van der Waals surface area contributed by atoms with Crippen molar-refractivity contribution in [2.24, 2.45) is 11.8 Å². The number of hydrogen-bond acceptors (Lipinski definition) is 8. The average molecular weight is 531 g/mol. The van der Waals surface area contributed by atoms with E-state index in [2.05, 4.69) is 42.3 Å². The maximum absolute atomic E-state index is 11.9. The molecule has 0 spiro atoms. The van der Waals surface area contributed by atoms with E-state index in [4.69, 9.17) is 25.6 Å². The van der Waals surface area contributed by atoms with Crippen LogP contribution in [-0.4, -0.2) is 43.1 Å². The minimum absolute atomic E-state index is 0. The first-order valence-electron chi connectivity index (χ1n) is 11.0. The number of allylic oxidation sites excluding steroid dienone is 1. The molecule has 3 fully saturated rings. The van der Waals surface area contributed by atoms with Crippen LogP contribution in [0.4, 0.5) is 0 Å². The van der Waals surface area contributed by atoms with Gasteiger partial charge in [-0.25, -0.2) is 9.97 Å². The molecule has 0 amide bonds. The third kappa shape index (κ3) is 4.75. The van der Waals surface area contributed by atoms with Crippen LogP contribution in [0.15, 0.2) is 29.6 Å². The van der Waals surface area contributed by atoms with Crippen LogP contribution in [0.2, 0.25) is 0 Å². The van der Waals surface area contributed by atoms with Gasteiger partial charge in [0.2, 0.25) is 5.69 Å². The molecule has 8 nitrogen and oxygen atoms in total. The third-order valence-electron chi connectivity index (χ3n) is 7.05. The summed E-state index contributed by atoms with van der Waals surface area (Å²) >= 11 is 7.64. The molecule has 7 atom stereocenters. The molecule has 2 saturated heterocycles. The molecule has 1 N–H and O–H groups in total. The highest BCUT2D eigenvalue weighted by molar-refractivity contribution is 8.68. The van der Waals surface area contributed by atoms with Gasteiger partial charge in [0.15, 0.2) is 11.2 Å². The molecule has 3 aliphatic rings. The van der Waals surface area contributed by atoms with Crippen molar-refractivity contribution in [3.05, 3.63) is 35.2 Å². The van der Waals surface area contributed by atoms with Crippen molar-refractivity contribution in [3.63, 3.8) is 0 Å². The van der Waals surface area contributed by atoms with Crippen molar-refractivity contribution in [2.45, 2.75) is 69.6 Å². The summed E-state index contributed by atoms with van der Waals surface area (Å²) in [5, 5.41) is 0. The molecule has 0 radical (unpaired) electrons. The summed E-state index contributed by atoms with van der Waals surface area (Å²) in [6.45, 7) is 11.0. The van der Waals surface area contributed by atoms with Gasteiger partial charge in [0.1, 0.15) is 6.23 Å². The summed E-state index contributed by atoms with van der Waals surface area (Å²) in [5.41, 5.74) is -0.621. The molecule has 182 valence electrons. The summed E-state index contributed by atoms with van der Waals surface area (Å²) in [7, 11) is 0. The second kappa shape index (κ2) is 9.41. The van der Waals surface area contributed by atoms with Gasteiger partial charge in [-0.05, 0) is 63.2 Å². The Kier molecular flexibility index (Phi) is 7.25. The largest absolute Gasteiger partial charge is 0.352 e. The van der Waals surface area contributed by atoms with Gasteiger partial charge in [0, 0.05) is 4.75 Å². The fraction of sp³-hybridized carbons (Fsp3) is 0.667. The van der Waals surface area contributed by atoms with Crippen molar-refractivity contribution < 1.29 is 13.8 Å². The first-order chi connectivity index (χ1) is 15.2. The molecule has 0 bridgehead atoms. The van der Waals surface area contributed by atoms with Gasteiger partial charge in [0.05, 0.1) is 31.5 Å². The highest BCUT2D eigenvalue weighted by Gasteiger charge is 2.53. The lowest BCUT2D eigenvalue weighted by Crippen LogP contribution is -2.39. The first-order valence-corrected chi connectivity index (χ1v) is 15.1. The Morgan fingerprint density at radius 1 is 1.48 bits per heavy atom. The number of ether oxygens (including phenoxy) is 1. The van der Waals surface area contributed by atoms with Crippen molar-refractivity contribution in [1.29, 1.82) is 0 Å². The molecule has 5 rings (SSSR count). The summed E-state index contributed by atoms with van der Waals surface area (Å²) in [6.07, 6.45) is 6.73. The zero-order valence-electron chi connectivity index (χ0n) is 19.0. The van der Waals surface area contributed by atoms with Gasteiger partial charge in [-0.1, -0.05) is 30.5 Å². The Hall–Kier alpha value is -0.680. The monoisotopic (exact) mass is 530 g/mol. The quantitative estimate of drug-likeness (QED) is 0.441. The number of rotatable bonds is 5. The van der Waals surface area contributed by atoms with Crippen LogP contribution in [-0.2, 0) is 25.6 Å². The van der Waals surface area contributed by atoms with Crippen molar-refractivity contribution in [1.82, 2.24) is 19.5 Å². The van der Waals surface area contributed by atoms with Crippen molar-refractivity contribution in [2.75, 3.05) is 6.61 Å². The Bertz CT molecular complexity index is 1160. The summed E-state index contributed by atoms with van der Waals surface area (Å²) in [6, 6.07) is 0. The maximum Gasteiger partial charge on any atom is 0.278 e. The van der Waals surface area contributed by atoms with Crippen LogP contribution in [0.1, 0.15) is 52.7 Å². The number of imidazole rings is 1. The van der Waals surface area contributed by atoms with Crippen LogP contribution in [0, 0.1) is 11.8 Å². The van der Waals surface area contributed by atoms with E-state index >= 15 is 0 Å². The predicted octanol–water partition coefficient (Wildman–Crippen LogP) is 4.66. The highest BCUT2D eigenvalue weighted by atomic mass is 32.9. The third-order valence-corrected chi connectivity index (χ3v) is 12.9. The lowest BCUT2D eigenvalue weighted by atomic mass is 9.77. The zero-order valence-corrected chi connectivity index (χ0v) is 22.5. The number of fused-ring (bicyclic) bond motifs is 2. The Morgan fingerprint density at radius 3 is 3.03 bits per heavy atom. The molecule has 0 aromatic carbocycles. The minimum atomic E-state index is -2.44. The molecule has 1 saturated carbocycles. The van der Waals surface area contributed by atoms with E-state index in [0.29, 0.717) is 23.7 Å². The smallest absolute Gasteiger partial charge is 0.278 e. The Morgan fingerprint density at radius 2 is 2.27 bits per heavy atom. The van der Waals surface area contributed by atoms with E-state index in [9.17, 15) is 4.79 Å². The molecular formula is C21H31N4O4PS3. The normalized spacial score (nSPS) is 38.2. The average Bonchev–Trinajstić information content (AvgIpc) is 3.39. The summed E-state index contributed by atoms with van der Waals surface area (Å²) in [5.74, 6) is 0.763. The summed E-state index contributed by atoms with van der Waals surface area (Å²) in [4.78, 5) is 23.0. The van der Waals surface area contributed by atoms with Crippen LogP contribution >= 0.6 is 30.6 Å². The molecule has 2 aliphatic heterocycles. The van der Waals surface area contributed by atoms with Crippen LogP contribution in [0.3, 0.4) is 0 Å². The number of nitrogens with one attached hydrogen (secondary N) is 1. The van der Waals surface area contributed by atoms with Crippen molar-refractivity contribution in [3.8, 4) is 0 Å². The molecule has 4 heterocycles. The summed E-state index contributed by atoms with van der Waals surface area (Å²) < 4.78 is 20.8. The molecule has 12 heteroatoms. The second-order valence-corrected chi connectivity index (χ2v) is 16.1. The minimum Gasteiger partial charge on any atom is -0.352 e. The molecule has 1 aliphatic carbocycles. The molecular weight excluding hydrogens is 499 g/mol. The van der Waals surface area contributed by atoms with Crippen LogP contribution in [0.25, 0.3) is 11.2 Å². The lowest BCUT2D eigenvalue weighted by Gasteiger charge is -2.37. The lowest BCUT2D eigenvalue weighted by molar-refractivity contribution is -0.0236. The number of aromatic amines is 1.